The number of benzene rings is 1. The highest BCUT2D eigenvalue weighted by molar-refractivity contribution is 5.95. The molecule has 0 heterocycles. The molecule has 1 saturated carbocycles. The Bertz CT molecular complexity index is 559. The molecule has 1 fully saturated rings. The van der Waals surface area contributed by atoms with Crippen molar-refractivity contribution in [3.05, 3.63) is 29.3 Å². The number of hydrogen-bond donors (Lipinski definition) is 2. The van der Waals surface area contributed by atoms with E-state index in [9.17, 15) is 14.7 Å². The minimum Gasteiger partial charge on any atom is -0.481 e. The zero-order chi connectivity index (χ0) is 16.2. The predicted octanol–water partition coefficient (Wildman–Crippen LogP) is 3.92. The van der Waals surface area contributed by atoms with E-state index < -0.39 is 11.4 Å². The van der Waals surface area contributed by atoms with Crippen molar-refractivity contribution in [3.63, 3.8) is 0 Å². The lowest BCUT2D eigenvalue weighted by Crippen LogP contribution is -2.37. The van der Waals surface area contributed by atoms with Gasteiger partial charge in [-0.05, 0) is 37.3 Å². The molecule has 0 aromatic heterocycles. The number of amides is 1. The van der Waals surface area contributed by atoms with Crippen molar-refractivity contribution in [1.82, 2.24) is 0 Å². The first-order chi connectivity index (χ1) is 10.5. The van der Waals surface area contributed by atoms with Gasteiger partial charge < -0.3 is 10.4 Å². The molecule has 2 N–H and O–H groups in total. The molecule has 2 rings (SSSR count). The topological polar surface area (TPSA) is 66.4 Å². The van der Waals surface area contributed by atoms with E-state index in [1.165, 1.54) is 0 Å². The minimum absolute atomic E-state index is 0.0693. The monoisotopic (exact) mass is 303 g/mol. The SMILES string of the molecule is CCc1cccc(C)c1NC(=O)CC1(C(=O)O)CCCCC1. The Hall–Kier alpha value is -1.84. The van der Waals surface area contributed by atoms with Gasteiger partial charge in [-0.1, -0.05) is 44.4 Å². The van der Waals surface area contributed by atoms with Crippen LogP contribution in [0.3, 0.4) is 0 Å². The van der Waals surface area contributed by atoms with Crippen molar-refractivity contribution in [2.75, 3.05) is 5.32 Å². The van der Waals surface area contributed by atoms with E-state index in [-0.39, 0.29) is 12.3 Å². The van der Waals surface area contributed by atoms with Gasteiger partial charge in [0.25, 0.3) is 0 Å². The molecule has 4 heteroatoms. The fourth-order valence-corrected chi connectivity index (χ4v) is 3.39. The normalized spacial score (nSPS) is 17.0. The van der Waals surface area contributed by atoms with Crippen molar-refractivity contribution in [1.29, 1.82) is 0 Å². The fraction of sp³-hybridized carbons (Fsp3) is 0.556. The quantitative estimate of drug-likeness (QED) is 0.866. The number of carbonyl (C=O) groups is 2. The Labute approximate surface area is 131 Å². The summed E-state index contributed by atoms with van der Waals surface area (Å²) in [5.74, 6) is -1.02. The van der Waals surface area contributed by atoms with Gasteiger partial charge in [0.15, 0.2) is 0 Å². The zero-order valence-corrected chi connectivity index (χ0v) is 13.4. The highest BCUT2D eigenvalue weighted by atomic mass is 16.4. The van der Waals surface area contributed by atoms with E-state index >= 15 is 0 Å². The van der Waals surface area contributed by atoms with Crippen molar-refractivity contribution in [2.24, 2.45) is 5.41 Å². The van der Waals surface area contributed by atoms with Crippen LogP contribution in [0.4, 0.5) is 5.69 Å². The molecule has 1 aliphatic carbocycles. The Kier molecular flexibility index (Phi) is 5.22. The van der Waals surface area contributed by atoms with Crippen LogP contribution in [0.2, 0.25) is 0 Å². The number of rotatable bonds is 5. The van der Waals surface area contributed by atoms with Crippen LogP contribution in [0, 0.1) is 12.3 Å². The largest absolute Gasteiger partial charge is 0.481 e. The first kappa shape index (κ1) is 16.5. The molecular formula is C18H25NO3. The molecule has 1 aromatic carbocycles. The summed E-state index contributed by atoms with van der Waals surface area (Å²) >= 11 is 0. The van der Waals surface area contributed by atoms with Crippen molar-refractivity contribution in [2.45, 2.75) is 58.8 Å². The van der Waals surface area contributed by atoms with Gasteiger partial charge in [-0.25, -0.2) is 0 Å². The van der Waals surface area contributed by atoms with Gasteiger partial charge in [-0.2, -0.15) is 0 Å². The van der Waals surface area contributed by atoms with E-state index in [1.807, 2.05) is 32.0 Å². The third kappa shape index (κ3) is 3.49. The zero-order valence-electron chi connectivity index (χ0n) is 13.4. The summed E-state index contributed by atoms with van der Waals surface area (Å²) in [4.78, 5) is 24.1. The maximum atomic E-state index is 12.4. The molecule has 0 saturated heterocycles. The van der Waals surface area contributed by atoms with E-state index in [4.69, 9.17) is 0 Å². The smallest absolute Gasteiger partial charge is 0.310 e. The van der Waals surface area contributed by atoms with Crippen LogP contribution >= 0.6 is 0 Å². The Morgan fingerprint density at radius 1 is 1.23 bits per heavy atom. The molecule has 1 aromatic rings. The van der Waals surface area contributed by atoms with Crippen LogP contribution in [-0.4, -0.2) is 17.0 Å². The second-order valence-corrected chi connectivity index (χ2v) is 6.33. The highest BCUT2D eigenvalue weighted by Gasteiger charge is 2.41. The van der Waals surface area contributed by atoms with Gasteiger partial charge in [0.2, 0.25) is 5.91 Å². The lowest BCUT2D eigenvalue weighted by Gasteiger charge is -2.32. The molecule has 0 unspecified atom stereocenters. The van der Waals surface area contributed by atoms with Crippen LogP contribution in [-0.2, 0) is 16.0 Å². The predicted molar refractivity (Wildman–Crippen MR) is 87.0 cm³/mol. The third-order valence-corrected chi connectivity index (χ3v) is 4.77. The number of para-hydroxylation sites is 1. The summed E-state index contributed by atoms with van der Waals surface area (Å²) in [5, 5.41) is 12.5. The molecule has 22 heavy (non-hydrogen) atoms. The number of carboxylic acid groups (broad SMARTS) is 1. The van der Waals surface area contributed by atoms with Crippen molar-refractivity contribution < 1.29 is 14.7 Å². The number of anilines is 1. The van der Waals surface area contributed by atoms with Gasteiger partial charge >= 0.3 is 5.97 Å². The van der Waals surface area contributed by atoms with Gasteiger partial charge in [0, 0.05) is 12.1 Å². The minimum atomic E-state index is -0.878. The number of aliphatic carboxylic acids is 1. The van der Waals surface area contributed by atoms with E-state index in [2.05, 4.69) is 5.32 Å². The molecule has 0 spiro atoms. The fourth-order valence-electron chi connectivity index (χ4n) is 3.39. The molecule has 0 bridgehead atoms. The molecule has 0 aliphatic heterocycles. The molecular weight excluding hydrogens is 278 g/mol. The molecule has 0 radical (unpaired) electrons. The number of carboxylic acids is 1. The van der Waals surface area contributed by atoms with E-state index in [0.717, 1.165) is 42.5 Å². The van der Waals surface area contributed by atoms with Crippen LogP contribution in [0.1, 0.15) is 56.6 Å². The first-order valence-corrected chi connectivity index (χ1v) is 8.10. The second kappa shape index (κ2) is 6.95. The van der Waals surface area contributed by atoms with Crippen molar-refractivity contribution in [3.8, 4) is 0 Å². The second-order valence-electron chi connectivity index (χ2n) is 6.33. The summed E-state index contributed by atoms with van der Waals surface area (Å²) in [5.41, 5.74) is 2.06. The molecule has 0 atom stereocenters. The average Bonchev–Trinajstić information content (AvgIpc) is 2.50. The van der Waals surface area contributed by atoms with Crippen LogP contribution < -0.4 is 5.32 Å². The summed E-state index contributed by atoms with van der Waals surface area (Å²) < 4.78 is 0. The Balaban J connectivity index is 2.14. The van der Waals surface area contributed by atoms with Gasteiger partial charge in [-0.15, -0.1) is 0 Å². The highest BCUT2D eigenvalue weighted by Crippen LogP contribution is 2.40. The standard InChI is InChI=1S/C18H25NO3/c1-3-14-9-7-8-13(2)16(14)19-15(20)12-18(17(21)22)10-5-4-6-11-18/h7-9H,3-6,10-12H2,1-2H3,(H,19,20)(H,21,22). The molecule has 1 amide bonds. The molecule has 120 valence electrons. The molecule has 4 nitrogen and oxygen atoms in total. The Morgan fingerprint density at radius 3 is 2.50 bits per heavy atom. The van der Waals surface area contributed by atoms with Crippen LogP contribution in [0.25, 0.3) is 0 Å². The average molecular weight is 303 g/mol. The lowest BCUT2D eigenvalue weighted by molar-refractivity contribution is -0.153. The summed E-state index contributed by atoms with van der Waals surface area (Å²) in [6.45, 7) is 4.01. The maximum Gasteiger partial charge on any atom is 0.310 e. The number of carbonyl (C=O) groups excluding carboxylic acids is 1. The Morgan fingerprint density at radius 2 is 1.91 bits per heavy atom. The summed E-state index contributed by atoms with van der Waals surface area (Å²) in [6, 6.07) is 5.93. The van der Waals surface area contributed by atoms with E-state index in [0.29, 0.717) is 12.8 Å². The van der Waals surface area contributed by atoms with Crippen molar-refractivity contribution >= 4 is 17.6 Å². The number of hydrogen-bond acceptors (Lipinski definition) is 2. The maximum absolute atomic E-state index is 12.4. The van der Waals surface area contributed by atoms with Gasteiger partial charge in [0.05, 0.1) is 5.41 Å². The molecule has 1 aliphatic rings. The van der Waals surface area contributed by atoms with E-state index in [1.54, 1.807) is 0 Å². The number of aryl methyl sites for hydroxylation is 2. The van der Waals surface area contributed by atoms with Gasteiger partial charge in [-0.3, -0.25) is 9.59 Å². The summed E-state index contributed by atoms with van der Waals surface area (Å²) in [7, 11) is 0. The third-order valence-electron chi connectivity index (χ3n) is 4.77. The summed E-state index contributed by atoms with van der Waals surface area (Å²) in [6.07, 6.45) is 4.96. The lowest BCUT2D eigenvalue weighted by atomic mass is 9.71. The van der Waals surface area contributed by atoms with Crippen LogP contribution in [0.5, 0.6) is 0 Å². The first-order valence-electron chi connectivity index (χ1n) is 8.10. The van der Waals surface area contributed by atoms with Gasteiger partial charge in [0.1, 0.15) is 0 Å². The van der Waals surface area contributed by atoms with Crippen LogP contribution in [0.15, 0.2) is 18.2 Å². The number of nitrogens with one attached hydrogen (secondary N) is 1.